The Morgan fingerprint density at radius 1 is 1.00 bits per heavy atom. The minimum atomic E-state index is 0.550. The molecule has 3 heteroatoms. The van der Waals surface area contributed by atoms with Crippen molar-refractivity contribution >= 4 is 11.5 Å². The minimum absolute atomic E-state index is 0.550. The van der Waals surface area contributed by atoms with Gasteiger partial charge in [0.15, 0.2) is 0 Å². The molecule has 1 heterocycles. The molecule has 0 saturated carbocycles. The lowest BCUT2D eigenvalue weighted by atomic mass is 10.1. The molecule has 0 radical (unpaired) electrons. The molecule has 82 valence electrons. The zero-order valence-corrected chi connectivity index (χ0v) is 9.51. The number of hydrogen-bond acceptors (Lipinski definition) is 3. The summed E-state index contributed by atoms with van der Waals surface area (Å²) in [6, 6.07) is 13.9. The summed E-state index contributed by atoms with van der Waals surface area (Å²) in [5.74, 6) is 0.550. The predicted molar refractivity (Wildman–Crippen MR) is 68.4 cm³/mol. The van der Waals surface area contributed by atoms with Crippen LogP contribution in [0.1, 0.15) is 0 Å². The van der Waals surface area contributed by atoms with Crippen LogP contribution in [0.3, 0.4) is 0 Å². The Balaban J connectivity index is 2.35. The van der Waals surface area contributed by atoms with Crippen molar-refractivity contribution in [3.63, 3.8) is 0 Å². The molecule has 0 aliphatic rings. The van der Waals surface area contributed by atoms with Gasteiger partial charge in [0, 0.05) is 25.3 Å². The zero-order chi connectivity index (χ0) is 11.5. The lowest BCUT2D eigenvalue weighted by Gasteiger charge is -2.12. The zero-order valence-electron chi connectivity index (χ0n) is 9.51. The second-order valence-corrected chi connectivity index (χ2v) is 3.89. The second-order valence-electron chi connectivity index (χ2n) is 3.89. The smallest absolute Gasteiger partial charge is 0.124 e. The number of nitrogens with two attached hydrogens (primary N) is 1. The molecule has 0 amide bonds. The van der Waals surface area contributed by atoms with E-state index in [0.717, 1.165) is 11.3 Å². The van der Waals surface area contributed by atoms with Gasteiger partial charge in [-0.3, -0.25) is 0 Å². The van der Waals surface area contributed by atoms with E-state index < -0.39 is 0 Å². The maximum atomic E-state index is 5.65. The number of nitrogens with zero attached hydrogens (tertiary/aromatic N) is 2. The topological polar surface area (TPSA) is 42.1 Å². The van der Waals surface area contributed by atoms with Crippen molar-refractivity contribution in [3.05, 3.63) is 42.5 Å². The summed E-state index contributed by atoms with van der Waals surface area (Å²) in [6.45, 7) is 0. The number of benzene rings is 1. The van der Waals surface area contributed by atoms with Gasteiger partial charge in [0.1, 0.15) is 5.82 Å². The van der Waals surface area contributed by atoms with Gasteiger partial charge in [-0.1, -0.05) is 18.2 Å². The van der Waals surface area contributed by atoms with Crippen molar-refractivity contribution in [2.24, 2.45) is 0 Å². The minimum Gasteiger partial charge on any atom is -0.384 e. The fourth-order valence-corrected chi connectivity index (χ4v) is 1.54. The number of nitrogen functional groups attached to an aromatic ring is 1. The van der Waals surface area contributed by atoms with E-state index in [4.69, 9.17) is 5.73 Å². The summed E-state index contributed by atoms with van der Waals surface area (Å²) in [6.07, 6.45) is 0. The molecule has 0 aliphatic carbocycles. The third-order valence-corrected chi connectivity index (χ3v) is 2.45. The van der Waals surface area contributed by atoms with Gasteiger partial charge in [-0.2, -0.15) is 0 Å². The highest BCUT2D eigenvalue weighted by molar-refractivity contribution is 5.64. The summed E-state index contributed by atoms with van der Waals surface area (Å²) >= 11 is 0. The van der Waals surface area contributed by atoms with Crippen molar-refractivity contribution in [2.75, 3.05) is 24.7 Å². The van der Waals surface area contributed by atoms with E-state index in [9.17, 15) is 0 Å². The van der Waals surface area contributed by atoms with E-state index in [0.29, 0.717) is 5.82 Å². The molecular weight excluding hydrogens is 198 g/mol. The van der Waals surface area contributed by atoms with Crippen molar-refractivity contribution < 1.29 is 0 Å². The third kappa shape index (κ3) is 2.14. The van der Waals surface area contributed by atoms with Crippen LogP contribution in [0.15, 0.2) is 42.5 Å². The Labute approximate surface area is 95.5 Å². The standard InChI is InChI=1S/C13H15N3/c1-16(2)11-8-6-10(7-9-11)12-4-3-5-13(14)15-12/h3-9H,1-2H3,(H2,14,15). The van der Waals surface area contributed by atoms with Crippen LogP contribution >= 0.6 is 0 Å². The van der Waals surface area contributed by atoms with E-state index in [1.807, 2.05) is 26.2 Å². The van der Waals surface area contributed by atoms with Gasteiger partial charge in [0.2, 0.25) is 0 Å². The first-order chi connectivity index (χ1) is 7.66. The van der Waals surface area contributed by atoms with E-state index in [-0.39, 0.29) is 0 Å². The molecule has 0 bridgehead atoms. The lowest BCUT2D eigenvalue weighted by molar-refractivity contribution is 1.13. The first kappa shape index (κ1) is 10.5. The van der Waals surface area contributed by atoms with Crippen LogP contribution < -0.4 is 10.6 Å². The van der Waals surface area contributed by atoms with Crippen LogP contribution in [0.4, 0.5) is 11.5 Å². The molecular formula is C13H15N3. The molecule has 2 aromatic rings. The number of aromatic nitrogens is 1. The van der Waals surface area contributed by atoms with Gasteiger partial charge in [-0.05, 0) is 24.3 Å². The van der Waals surface area contributed by atoms with E-state index in [1.165, 1.54) is 5.69 Å². The molecule has 0 atom stereocenters. The normalized spacial score (nSPS) is 10.1. The molecule has 0 fully saturated rings. The summed E-state index contributed by atoms with van der Waals surface area (Å²) < 4.78 is 0. The van der Waals surface area contributed by atoms with E-state index in [1.54, 1.807) is 6.07 Å². The fraction of sp³-hybridized carbons (Fsp3) is 0.154. The van der Waals surface area contributed by atoms with Crippen LogP contribution in [0.5, 0.6) is 0 Å². The van der Waals surface area contributed by atoms with Gasteiger partial charge in [-0.25, -0.2) is 4.98 Å². The molecule has 0 saturated heterocycles. The van der Waals surface area contributed by atoms with Gasteiger partial charge < -0.3 is 10.6 Å². The first-order valence-corrected chi connectivity index (χ1v) is 5.17. The SMILES string of the molecule is CN(C)c1ccc(-c2cccc(N)n2)cc1. The van der Waals surface area contributed by atoms with E-state index in [2.05, 4.69) is 34.1 Å². The summed E-state index contributed by atoms with van der Waals surface area (Å²) in [5, 5.41) is 0. The Bertz CT molecular complexity index is 475. The van der Waals surface area contributed by atoms with Crippen LogP contribution in [-0.4, -0.2) is 19.1 Å². The average Bonchev–Trinajstić information content (AvgIpc) is 2.29. The Kier molecular flexibility index (Phi) is 2.77. The Hall–Kier alpha value is -2.03. The third-order valence-electron chi connectivity index (χ3n) is 2.45. The lowest BCUT2D eigenvalue weighted by Crippen LogP contribution is -2.07. The van der Waals surface area contributed by atoms with Crippen LogP contribution in [0.2, 0.25) is 0 Å². The quantitative estimate of drug-likeness (QED) is 0.833. The number of anilines is 2. The molecule has 16 heavy (non-hydrogen) atoms. The van der Waals surface area contributed by atoms with Gasteiger partial charge >= 0.3 is 0 Å². The Morgan fingerprint density at radius 3 is 2.25 bits per heavy atom. The molecule has 0 unspecified atom stereocenters. The van der Waals surface area contributed by atoms with Crippen molar-refractivity contribution in [1.82, 2.24) is 4.98 Å². The van der Waals surface area contributed by atoms with Crippen molar-refractivity contribution in [2.45, 2.75) is 0 Å². The van der Waals surface area contributed by atoms with Crippen LogP contribution in [0, 0.1) is 0 Å². The molecule has 2 rings (SSSR count). The second kappa shape index (κ2) is 4.23. The average molecular weight is 213 g/mol. The highest BCUT2D eigenvalue weighted by atomic mass is 15.1. The van der Waals surface area contributed by atoms with Crippen LogP contribution in [0.25, 0.3) is 11.3 Å². The van der Waals surface area contributed by atoms with Crippen LogP contribution in [-0.2, 0) is 0 Å². The van der Waals surface area contributed by atoms with Crippen molar-refractivity contribution in [1.29, 1.82) is 0 Å². The maximum Gasteiger partial charge on any atom is 0.124 e. The fourth-order valence-electron chi connectivity index (χ4n) is 1.54. The summed E-state index contributed by atoms with van der Waals surface area (Å²) in [7, 11) is 4.04. The van der Waals surface area contributed by atoms with E-state index >= 15 is 0 Å². The largest absolute Gasteiger partial charge is 0.384 e. The maximum absolute atomic E-state index is 5.65. The molecule has 0 spiro atoms. The highest BCUT2D eigenvalue weighted by Crippen LogP contribution is 2.21. The molecule has 1 aromatic heterocycles. The number of hydrogen-bond donors (Lipinski definition) is 1. The van der Waals surface area contributed by atoms with Gasteiger partial charge in [-0.15, -0.1) is 0 Å². The Morgan fingerprint density at radius 2 is 1.69 bits per heavy atom. The number of rotatable bonds is 2. The number of pyridine rings is 1. The monoisotopic (exact) mass is 213 g/mol. The van der Waals surface area contributed by atoms with Crippen molar-refractivity contribution in [3.8, 4) is 11.3 Å². The highest BCUT2D eigenvalue weighted by Gasteiger charge is 2.00. The molecule has 0 aliphatic heterocycles. The summed E-state index contributed by atoms with van der Waals surface area (Å²) in [5.41, 5.74) is 8.82. The molecule has 3 nitrogen and oxygen atoms in total. The predicted octanol–water partition coefficient (Wildman–Crippen LogP) is 2.40. The molecule has 1 aromatic carbocycles. The summed E-state index contributed by atoms with van der Waals surface area (Å²) in [4.78, 5) is 6.35. The van der Waals surface area contributed by atoms with Gasteiger partial charge in [0.25, 0.3) is 0 Å². The molecule has 2 N–H and O–H groups in total. The first-order valence-electron chi connectivity index (χ1n) is 5.17. The van der Waals surface area contributed by atoms with Gasteiger partial charge in [0.05, 0.1) is 5.69 Å².